The Hall–Kier alpha value is -2.86. The van der Waals surface area contributed by atoms with E-state index < -0.39 is 0 Å². The molecule has 0 saturated carbocycles. The minimum Gasteiger partial charge on any atom is -0.396 e. The fourth-order valence-corrected chi connectivity index (χ4v) is 2.97. The number of rotatable bonds is 3. The summed E-state index contributed by atoms with van der Waals surface area (Å²) in [6.07, 6.45) is 0.379. The van der Waals surface area contributed by atoms with Crippen LogP contribution in [-0.4, -0.2) is 32.2 Å². The van der Waals surface area contributed by atoms with Gasteiger partial charge in [-0.05, 0) is 18.2 Å². The van der Waals surface area contributed by atoms with Gasteiger partial charge < -0.3 is 5.11 Å². The average Bonchev–Trinajstić information content (AvgIpc) is 2.92. The SMILES string of the molecule is OCCc1nnc2n1-c1ccc(F)cc1C(c1ccccc1)=NC2. The molecule has 0 spiro atoms. The number of aromatic nitrogens is 3. The van der Waals surface area contributed by atoms with Crippen LogP contribution in [0.4, 0.5) is 4.39 Å². The summed E-state index contributed by atoms with van der Waals surface area (Å²) in [7, 11) is 0. The Morgan fingerprint density at radius 1 is 1.08 bits per heavy atom. The summed E-state index contributed by atoms with van der Waals surface area (Å²) in [5.41, 5.74) is 3.12. The minimum atomic E-state index is -0.322. The van der Waals surface area contributed by atoms with Crippen molar-refractivity contribution >= 4 is 5.71 Å². The molecule has 2 aromatic carbocycles. The lowest BCUT2D eigenvalue weighted by atomic mass is 10.0. The molecule has 0 aliphatic carbocycles. The van der Waals surface area contributed by atoms with Crippen molar-refractivity contribution in [2.24, 2.45) is 4.99 Å². The van der Waals surface area contributed by atoms with Crippen LogP contribution in [0, 0.1) is 5.82 Å². The van der Waals surface area contributed by atoms with Crippen molar-refractivity contribution in [3.8, 4) is 5.69 Å². The van der Waals surface area contributed by atoms with Crippen LogP contribution in [0.3, 0.4) is 0 Å². The maximum absolute atomic E-state index is 13.9. The molecule has 1 N–H and O–H groups in total. The van der Waals surface area contributed by atoms with Crippen LogP contribution < -0.4 is 0 Å². The van der Waals surface area contributed by atoms with Gasteiger partial charge in [0.1, 0.15) is 18.2 Å². The van der Waals surface area contributed by atoms with Crippen molar-refractivity contribution < 1.29 is 9.50 Å². The second-order valence-electron chi connectivity index (χ2n) is 5.53. The first-order valence-corrected chi connectivity index (χ1v) is 7.72. The molecule has 0 fully saturated rings. The Kier molecular flexibility index (Phi) is 3.66. The summed E-state index contributed by atoms with van der Waals surface area (Å²) < 4.78 is 15.8. The van der Waals surface area contributed by atoms with Gasteiger partial charge in [0.2, 0.25) is 0 Å². The van der Waals surface area contributed by atoms with Gasteiger partial charge in [0, 0.05) is 17.5 Å². The van der Waals surface area contributed by atoms with Crippen LogP contribution in [-0.2, 0) is 13.0 Å². The van der Waals surface area contributed by atoms with Gasteiger partial charge in [-0.3, -0.25) is 9.56 Å². The molecule has 1 aliphatic rings. The monoisotopic (exact) mass is 322 g/mol. The summed E-state index contributed by atoms with van der Waals surface area (Å²) in [6, 6.07) is 14.3. The molecule has 1 aliphatic heterocycles. The lowest BCUT2D eigenvalue weighted by molar-refractivity contribution is 0.296. The van der Waals surface area contributed by atoms with Crippen LogP contribution in [0.5, 0.6) is 0 Å². The van der Waals surface area contributed by atoms with E-state index in [1.807, 2.05) is 34.9 Å². The third-order valence-electron chi connectivity index (χ3n) is 4.01. The molecule has 0 unspecified atom stereocenters. The van der Waals surface area contributed by atoms with E-state index in [9.17, 15) is 9.50 Å². The zero-order chi connectivity index (χ0) is 16.5. The molecule has 6 heteroatoms. The van der Waals surface area contributed by atoms with Crippen LogP contribution in [0.2, 0.25) is 0 Å². The predicted octanol–water partition coefficient (Wildman–Crippen LogP) is 2.29. The molecular weight excluding hydrogens is 307 g/mol. The number of aliphatic imine (C=N–C) groups is 1. The highest BCUT2D eigenvalue weighted by atomic mass is 19.1. The van der Waals surface area contributed by atoms with Crippen molar-refractivity contribution in [1.29, 1.82) is 0 Å². The van der Waals surface area contributed by atoms with Crippen molar-refractivity contribution in [2.75, 3.05) is 6.61 Å². The molecule has 3 aromatic rings. The summed E-state index contributed by atoms with van der Waals surface area (Å²) in [5, 5.41) is 17.6. The highest BCUT2D eigenvalue weighted by Crippen LogP contribution is 2.26. The van der Waals surface area contributed by atoms with Gasteiger partial charge in [-0.25, -0.2) is 4.39 Å². The minimum absolute atomic E-state index is 0.0267. The van der Waals surface area contributed by atoms with Crippen LogP contribution in [0.1, 0.15) is 22.8 Å². The number of aliphatic hydroxyl groups is 1. The van der Waals surface area contributed by atoms with E-state index >= 15 is 0 Å². The molecule has 2 heterocycles. The third-order valence-corrected chi connectivity index (χ3v) is 4.01. The molecule has 1 aromatic heterocycles. The summed E-state index contributed by atoms with van der Waals surface area (Å²) in [5.74, 6) is 1.000. The first-order chi connectivity index (χ1) is 11.8. The quantitative estimate of drug-likeness (QED) is 0.805. The topological polar surface area (TPSA) is 63.3 Å². The normalized spacial score (nSPS) is 13.0. The number of nitrogens with zero attached hydrogens (tertiary/aromatic N) is 4. The standard InChI is InChI=1S/C18H15FN4O/c19-13-6-7-15-14(10-13)18(12-4-2-1-3-5-12)20-11-17-22-21-16(8-9-24)23(15)17/h1-7,10,24H,8-9,11H2. The molecule has 0 atom stereocenters. The first kappa shape index (κ1) is 14.7. The van der Waals surface area contributed by atoms with E-state index in [1.165, 1.54) is 12.1 Å². The highest BCUT2D eigenvalue weighted by molar-refractivity contribution is 6.15. The Labute approximate surface area is 138 Å². The molecule has 0 amide bonds. The summed E-state index contributed by atoms with van der Waals surface area (Å²) in [4.78, 5) is 4.65. The number of fused-ring (bicyclic) bond motifs is 3. The number of hydrogen-bond donors (Lipinski definition) is 1. The molecule has 24 heavy (non-hydrogen) atoms. The van der Waals surface area contributed by atoms with E-state index in [1.54, 1.807) is 6.07 Å². The average molecular weight is 322 g/mol. The van der Waals surface area contributed by atoms with E-state index in [4.69, 9.17) is 0 Å². The molecule has 0 bridgehead atoms. The largest absolute Gasteiger partial charge is 0.396 e. The van der Waals surface area contributed by atoms with Crippen LogP contribution >= 0.6 is 0 Å². The van der Waals surface area contributed by atoms with Crippen molar-refractivity contribution in [3.63, 3.8) is 0 Å². The number of hydrogen-bond acceptors (Lipinski definition) is 4. The van der Waals surface area contributed by atoms with Gasteiger partial charge in [-0.2, -0.15) is 0 Å². The van der Waals surface area contributed by atoms with Crippen molar-refractivity contribution in [3.05, 3.63) is 77.1 Å². The van der Waals surface area contributed by atoms with Gasteiger partial charge in [-0.15, -0.1) is 10.2 Å². The van der Waals surface area contributed by atoms with E-state index in [0.29, 0.717) is 30.2 Å². The lowest BCUT2D eigenvalue weighted by Crippen LogP contribution is -2.10. The number of aliphatic hydroxyl groups excluding tert-OH is 1. The third kappa shape index (κ3) is 2.41. The van der Waals surface area contributed by atoms with Crippen molar-refractivity contribution in [2.45, 2.75) is 13.0 Å². The number of benzene rings is 2. The zero-order valence-corrected chi connectivity index (χ0v) is 12.9. The van der Waals surface area contributed by atoms with Gasteiger partial charge in [0.25, 0.3) is 0 Å². The Morgan fingerprint density at radius 3 is 2.71 bits per heavy atom. The number of halogens is 1. The van der Waals surface area contributed by atoms with E-state index in [2.05, 4.69) is 15.2 Å². The fraction of sp³-hybridized carbons (Fsp3) is 0.167. The molecule has 5 nitrogen and oxygen atoms in total. The van der Waals surface area contributed by atoms with Crippen LogP contribution in [0.15, 0.2) is 53.5 Å². The second kappa shape index (κ2) is 5.98. The van der Waals surface area contributed by atoms with Gasteiger partial charge in [-0.1, -0.05) is 30.3 Å². The van der Waals surface area contributed by atoms with Gasteiger partial charge >= 0.3 is 0 Å². The Balaban J connectivity index is 1.96. The van der Waals surface area contributed by atoms with Crippen LogP contribution in [0.25, 0.3) is 5.69 Å². The van der Waals surface area contributed by atoms with E-state index in [0.717, 1.165) is 17.0 Å². The van der Waals surface area contributed by atoms with E-state index in [-0.39, 0.29) is 12.4 Å². The molecular formula is C18H15FN4O. The summed E-state index contributed by atoms with van der Waals surface area (Å²) >= 11 is 0. The lowest BCUT2D eigenvalue weighted by Gasteiger charge is -2.13. The maximum Gasteiger partial charge on any atom is 0.159 e. The zero-order valence-electron chi connectivity index (χ0n) is 12.9. The summed E-state index contributed by atoms with van der Waals surface area (Å²) in [6.45, 7) is 0.319. The molecule has 0 saturated heterocycles. The smallest absolute Gasteiger partial charge is 0.159 e. The Morgan fingerprint density at radius 2 is 1.92 bits per heavy atom. The van der Waals surface area contributed by atoms with Gasteiger partial charge in [0.15, 0.2) is 5.82 Å². The molecule has 120 valence electrons. The first-order valence-electron chi connectivity index (χ1n) is 7.72. The molecule has 0 radical (unpaired) electrons. The highest BCUT2D eigenvalue weighted by Gasteiger charge is 2.23. The van der Waals surface area contributed by atoms with Gasteiger partial charge in [0.05, 0.1) is 18.0 Å². The van der Waals surface area contributed by atoms with Crippen molar-refractivity contribution in [1.82, 2.24) is 14.8 Å². The maximum atomic E-state index is 13.9. The predicted molar refractivity (Wildman–Crippen MR) is 87.9 cm³/mol. The Bertz CT molecular complexity index is 918. The molecule has 4 rings (SSSR count). The second-order valence-corrected chi connectivity index (χ2v) is 5.53. The fourth-order valence-electron chi connectivity index (χ4n) is 2.97.